The lowest BCUT2D eigenvalue weighted by Gasteiger charge is -2.20. The molecule has 0 amide bonds. The van der Waals surface area contributed by atoms with Gasteiger partial charge >= 0.3 is 0 Å². The summed E-state index contributed by atoms with van der Waals surface area (Å²) in [6, 6.07) is 8.22. The Kier molecular flexibility index (Phi) is 3.73. The third-order valence-electron chi connectivity index (χ3n) is 4.21. The van der Waals surface area contributed by atoms with E-state index in [0.717, 1.165) is 36.8 Å². The first kappa shape index (κ1) is 14.2. The molecule has 0 saturated heterocycles. The molecular formula is C18H18O2S. The van der Waals surface area contributed by atoms with Gasteiger partial charge in [0.25, 0.3) is 0 Å². The summed E-state index contributed by atoms with van der Waals surface area (Å²) in [5, 5.41) is 1.48. The molecule has 2 nitrogen and oxygen atoms in total. The molecule has 1 aromatic carbocycles. The average Bonchev–Trinajstić information content (AvgIpc) is 2.70. The highest BCUT2D eigenvalue weighted by Crippen LogP contribution is 2.40. The summed E-state index contributed by atoms with van der Waals surface area (Å²) in [5.41, 5.74) is 4.52. The van der Waals surface area contributed by atoms with Gasteiger partial charge in [-0.2, -0.15) is 0 Å². The van der Waals surface area contributed by atoms with Gasteiger partial charge in [-0.05, 0) is 54.4 Å². The molecule has 2 aliphatic rings. The normalized spacial score (nSPS) is 18.7. The maximum Gasteiger partial charge on any atom is 0.196 e. The molecule has 0 atom stereocenters. The zero-order valence-corrected chi connectivity index (χ0v) is 12.7. The van der Waals surface area contributed by atoms with Crippen molar-refractivity contribution in [2.75, 3.05) is 0 Å². The molecule has 0 saturated carbocycles. The zero-order valence-electron chi connectivity index (χ0n) is 11.9. The quantitative estimate of drug-likeness (QED) is 0.629. The van der Waals surface area contributed by atoms with Crippen LogP contribution in [0.15, 0.2) is 45.7 Å². The average molecular weight is 298 g/mol. The molecule has 3 rings (SSSR count). The Balaban J connectivity index is 1.90. The van der Waals surface area contributed by atoms with Gasteiger partial charge in [-0.15, -0.1) is 12.3 Å². The summed E-state index contributed by atoms with van der Waals surface area (Å²) in [5.74, 6) is 2.60. The Morgan fingerprint density at radius 3 is 2.52 bits per heavy atom. The van der Waals surface area contributed by atoms with E-state index in [0.29, 0.717) is 17.7 Å². The van der Waals surface area contributed by atoms with Crippen molar-refractivity contribution < 1.29 is 8.42 Å². The van der Waals surface area contributed by atoms with E-state index in [1.807, 2.05) is 12.1 Å². The lowest BCUT2D eigenvalue weighted by molar-refractivity contribution is 0.607. The fraction of sp³-hybridized carbons (Fsp3) is 0.333. The Morgan fingerprint density at radius 1 is 1.10 bits per heavy atom. The van der Waals surface area contributed by atoms with Crippen molar-refractivity contribution in [2.24, 2.45) is 0 Å². The minimum atomic E-state index is -3.21. The number of fused-ring (bicyclic) bond motifs is 2. The van der Waals surface area contributed by atoms with Crippen LogP contribution in [0.3, 0.4) is 0 Å². The summed E-state index contributed by atoms with van der Waals surface area (Å²) in [7, 11) is -3.21. The summed E-state index contributed by atoms with van der Waals surface area (Å²) < 4.78 is 24.7. The van der Waals surface area contributed by atoms with E-state index in [4.69, 9.17) is 6.42 Å². The molecule has 3 heteroatoms. The minimum Gasteiger partial charge on any atom is -0.219 e. The van der Waals surface area contributed by atoms with Crippen molar-refractivity contribution in [3.63, 3.8) is 0 Å². The summed E-state index contributed by atoms with van der Waals surface area (Å²) >= 11 is 0. The van der Waals surface area contributed by atoms with Crippen molar-refractivity contribution in [1.82, 2.24) is 0 Å². The number of rotatable bonds is 4. The van der Waals surface area contributed by atoms with Crippen LogP contribution in [-0.4, -0.2) is 8.42 Å². The fourth-order valence-corrected chi connectivity index (χ4v) is 4.86. The molecule has 1 heterocycles. The van der Waals surface area contributed by atoms with Crippen LogP contribution >= 0.6 is 0 Å². The highest BCUT2D eigenvalue weighted by molar-refractivity contribution is 7.98. The van der Waals surface area contributed by atoms with Crippen LogP contribution in [0.4, 0.5) is 0 Å². The maximum absolute atomic E-state index is 12.4. The number of hydrogen-bond acceptors (Lipinski definition) is 2. The smallest absolute Gasteiger partial charge is 0.196 e. The maximum atomic E-state index is 12.4. The van der Waals surface area contributed by atoms with Crippen LogP contribution in [0.2, 0.25) is 0 Å². The number of hydrogen-bond donors (Lipinski definition) is 0. The number of benzene rings is 1. The Hall–Kier alpha value is -1.79. The molecule has 21 heavy (non-hydrogen) atoms. The minimum absolute atomic E-state index is 0.613. The van der Waals surface area contributed by atoms with Gasteiger partial charge in [-0.3, -0.25) is 0 Å². The van der Waals surface area contributed by atoms with Crippen LogP contribution in [-0.2, 0) is 22.7 Å². The molecule has 0 unspecified atom stereocenters. The van der Waals surface area contributed by atoms with Gasteiger partial charge < -0.3 is 0 Å². The SMILES string of the molecule is C#CCCCCC1=C2Cc3ccccc3CC2=CS1(=O)=O. The highest BCUT2D eigenvalue weighted by atomic mass is 32.2. The van der Waals surface area contributed by atoms with Crippen LogP contribution in [0, 0.1) is 12.3 Å². The van der Waals surface area contributed by atoms with Gasteiger partial charge in [0.2, 0.25) is 0 Å². The van der Waals surface area contributed by atoms with E-state index in [-0.39, 0.29) is 0 Å². The van der Waals surface area contributed by atoms with Crippen LogP contribution in [0.1, 0.15) is 36.8 Å². The topological polar surface area (TPSA) is 34.1 Å². The number of allylic oxidation sites excluding steroid dienone is 3. The van der Waals surface area contributed by atoms with E-state index < -0.39 is 9.84 Å². The van der Waals surface area contributed by atoms with Crippen LogP contribution in [0.25, 0.3) is 0 Å². The van der Waals surface area contributed by atoms with Crippen molar-refractivity contribution in [2.45, 2.75) is 38.5 Å². The van der Waals surface area contributed by atoms with Gasteiger partial charge in [0.1, 0.15) is 0 Å². The lowest BCUT2D eigenvalue weighted by Crippen LogP contribution is -2.08. The zero-order chi connectivity index (χ0) is 14.9. The predicted octanol–water partition coefficient (Wildman–Crippen LogP) is 3.55. The molecule has 1 aliphatic heterocycles. The van der Waals surface area contributed by atoms with Gasteiger partial charge in [0.15, 0.2) is 9.84 Å². The Morgan fingerprint density at radius 2 is 1.81 bits per heavy atom. The second-order valence-corrected chi connectivity index (χ2v) is 7.44. The molecule has 1 aromatic rings. The first-order chi connectivity index (χ1) is 10.1. The van der Waals surface area contributed by atoms with Gasteiger partial charge in [-0.1, -0.05) is 24.3 Å². The number of unbranched alkanes of at least 4 members (excludes halogenated alkanes) is 2. The third kappa shape index (κ3) is 2.69. The highest BCUT2D eigenvalue weighted by Gasteiger charge is 2.32. The molecule has 0 spiro atoms. The van der Waals surface area contributed by atoms with Crippen molar-refractivity contribution in [1.29, 1.82) is 0 Å². The molecule has 0 bridgehead atoms. The van der Waals surface area contributed by atoms with Crippen molar-refractivity contribution in [3.8, 4) is 12.3 Å². The van der Waals surface area contributed by atoms with E-state index in [2.05, 4.69) is 18.1 Å². The van der Waals surface area contributed by atoms with E-state index >= 15 is 0 Å². The molecule has 0 N–H and O–H groups in total. The van der Waals surface area contributed by atoms with Crippen molar-refractivity contribution >= 4 is 9.84 Å². The molecule has 0 fully saturated rings. The van der Waals surface area contributed by atoms with Crippen LogP contribution in [0.5, 0.6) is 0 Å². The summed E-state index contributed by atoms with van der Waals surface area (Å²) in [4.78, 5) is 0.629. The summed E-state index contributed by atoms with van der Waals surface area (Å²) in [6.45, 7) is 0. The van der Waals surface area contributed by atoms with E-state index in [1.54, 1.807) is 0 Å². The molecular weight excluding hydrogens is 280 g/mol. The molecule has 0 radical (unpaired) electrons. The standard InChI is InChI=1S/C18H18O2S/c1-2-3-4-5-10-18-17-12-15-9-7-6-8-14(15)11-16(17)13-21(18,19)20/h1,6-9,13H,3-5,10-12H2. The Bertz CT molecular complexity index is 774. The lowest BCUT2D eigenvalue weighted by atomic mass is 9.84. The molecule has 0 aromatic heterocycles. The number of terminal acetylenes is 1. The van der Waals surface area contributed by atoms with E-state index in [9.17, 15) is 8.42 Å². The van der Waals surface area contributed by atoms with Gasteiger partial charge in [0.05, 0.1) is 4.91 Å². The van der Waals surface area contributed by atoms with E-state index in [1.165, 1.54) is 16.5 Å². The second-order valence-electron chi connectivity index (χ2n) is 5.62. The predicted molar refractivity (Wildman–Crippen MR) is 85.2 cm³/mol. The van der Waals surface area contributed by atoms with Gasteiger partial charge in [-0.25, -0.2) is 8.42 Å². The van der Waals surface area contributed by atoms with Crippen LogP contribution < -0.4 is 0 Å². The third-order valence-corrected chi connectivity index (χ3v) is 5.94. The largest absolute Gasteiger partial charge is 0.219 e. The fourth-order valence-electron chi connectivity index (χ4n) is 3.14. The molecule has 1 aliphatic carbocycles. The van der Waals surface area contributed by atoms with Crippen molar-refractivity contribution in [3.05, 3.63) is 56.9 Å². The monoisotopic (exact) mass is 298 g/mol. The first-order valence-electron chi connectivity index (χ1n) is 7.30. The number of sulfone groups is 1. The second kappa shape index (κ2) is 5.54. The Labute approximate surface area is 126 Å². The molecule has 108 valence electrons. The van der Waals surface area contributed by atoms with Gasteiger partial charge in [0, 0.05) is 11.8 Å². The first-order valence-corrected chi connectivity index (χ1v) is 8.85. The summed E-state index contributed by atoms with van der Waals surface area (Å²) in [6.07, 6.45) is 9.77.